The SMILES string of the molecule is CS(=O)(=O)NCc1ccc(-c2nc(-c3ccncc3)no2)o1. The van der Waals surface area contributed by atoms with Crippen molar-refractivity contribution in [3.8, 4) is 23.0 Å². The third-order valence-corrected chi connectivity index (χ3v) is 3.41. The first kappa shape index (κ1) is 14.4. The van der Waals surface area contributed by atoms with Crippen LogP contribution >= 0.6 is 0 Å². The van der Waals surface area contributed by atoms with Gasteiger partial charge in [0.05, 0.1) is 12.8 Å². The quantitative estimate of drug-likeness (QED) is 0.757. The minimum absolute atomic E-state index is 0.0597. The molecular weight excluding hydrogens is 308 g/mol. The van der Waals surface area contributed by atoms with E-state index in [0.717, 1.165) is 11.8 Å². The smallest absolute Gasteiger partial charge is 0.293 e. The Labute approximate surface area is 126 Å². The van der Waals surface area contributed by atoms with Crippen LogP contribution in [0.1, 0.15) is 5.76 Å². The third-order valence-electron chi connectivity index (χ3n) is 2.75. The van der Waals surface area contributed by atoms with Gasteiger partial charge in [0.25, 0.3) is 5.89 Å². The van der Waals surface area contributed by atoms with E-state index in [2.05, 4.69) is 19.8 Å². The molecule has 0 amide bonds. The maximum absolute atomic E-state index is 11.0. The van der Waals surface area contributed by atoms with Gasteiger partial charge in [-0.15, -0.1) is 0 Å². The molecule has 3 aromatic rings. The summed E-state index contributed by atoms with van der Waals surface area (Å²) in [6, 6.07) is 6.81. The van der Waals surface area contributed by atoms with E-state index >= 15 is 0 Å². The van der Waals surface area contributed by atoms with Gasteiger partial charge in [0, 0.05) is 18.0 Å². The van der Waals surface area contributed by atoms with Crippen molar-refractivity contribution < 1.29 is 17.4 Å². The third kappa shape index (κ3) is 3.38. The second kappa shape index (κ2) is 5.70. The Morgan fingerprint density at radius 1 is 1.18 bits per heavy atom. The number of furan rings is 1. The van der Waals surface area contributed by atoms with Crippen LogP contribution in [0.15, 0.2) is 45.6 Å². The van der Waals surface area contributed by atoms with E-state index in [1.807, 2.05) is 0 Å². The fourth-order valence-electron chi connectivity index (χ4n) is 1.73. The summed E-state index contributed by atoms with van der Waals surface area (Å²) in [6.07, 6.45) is 4.34. The van der Waals surface area contributed by atoms with Gasteiger partial charge in [0.1, 0.15) is 5.76 Å². The van der Waals surface area contributed by atoms with E-state index in [9.17, 15) is 8.42 Å². The Balaban J connectivity index is 1.78. The molecule has 0 aliphatic heterocycles. The number of rotatable bonds is 5. The Bertz CT molecular complexity index is 870. The average molecular weight is 320 g/mol. The zero-order chi connectivity index (χ0) is 15.6. The van der Waals surface area contributed by atoms with Crippen molar-refractivity contribution in [2.75, 3.05) is 6.26 Å². The van der Waals surface area contributed by atoms with Gasteiger partial charge in [-0.2, -0.15) is 4.98 Å². The van der Waals surface area contributed by atoms with Crippen LogP contribution in [0, 0.1) is 0 Å². The van der Waals surface area contributed by atoms with E-state index < -0.39 is 10.0 Å². The minimum Gasteiger partial charge on any atom is -0.455 e. The second-order valence-electron chi connectivity index (χ2n) is 4.52. The molecule has 22 heavy (non-hydrogen) atoms. The first-order valence-electron chi connectivity index (χ1n) is 6.29. The molecule has 114 valence electrons. The van der Waals surface area contributed by atoms with Gasteiger partial charge >= 0.3 is 0 Å². The van der Waals surface area contributed by atoms with E-state index in [-0.39, 0.29) is 12.4 Å². The highest BCUT2D eigenvalue weighted by atomic mass is 32.2. The highest BCUT2D eigenvalue weighted by Gasteiger charge is 2.14. The molecule has 0 fully saturated rings. The molecule has 3 aromatic heterocycles. The maximum Gasteiger partial charge on any atom is 0.293 e. The van der Waals surface area contributed by atoms with Gasteiger partial charge in [-0.25, -0.2) is 13.1 Å². The molecule has 0 saturated heterocycles. The largest absolute Gasteiger partial charge is 0.455 e. The van der Waals surface area contributed by atoms with Crippen molar-refractivity contribution in [3.05, 3.63) is 42.4 Å². The highest BCUT2D eigenvalue weighted by molar-refractivity contribution is 7.88. The molecule has 0 saturated carbocycles. The van der Waals surface area contributed by atoms with Crippen molar-refractivity contribution in [2.45, 2.75) is 6.54 Å². The molecule has 3 rings (SSSR count). The first-order chi connectivity index (χ1) is 10.5. The van der Waals surface area contributed by atoms with Gasteiger partial charge in [0.2, 0.25) is 15.8 Å². The molecule has 3 heterocycles. The van der Waals surface area contributed by atoms with Crippen LogP contribution in [-0.2, 0) is 16.6 Å². The molecule has 9 heteroatoms. The molecule has 0 unspecified atom stereocenters. The van der Waals surface area contributed by atoms with Crippen molar-refractivity contribution in [1.29, 1.82) is 0 Å². The Morgan fingerprint density at radius 2 is 1.95 bits per heavy atom. The lowest BCUT2D eigenvalue weighted by Gasteiger charge is -1.97. The zero-order valence-electron chi connectivity index (χ0n) is 11.6. The molecule has 0 atom stereocenters. The lowest BCUT2D eigenvalue weighted by molar-refractivity contribution is 0.411. The lowest BCUT2D eigenvalue weighted by Crippen LogP contribution is -2.20. The summed E-state index contributed by atoms with van der Waals surface area (Å²) in [7, 11) is -3.28. The van der Waals surface area contributed by atoms with Gasteiger partial charge in [0.15, 0.2) is 5.76 Å². The Hall–Kier alpha value is -2.52. The van der Waals surface area contributed by atoms with Crippen LogP contribution in [0.3, 0.4) is 0 Å². The number of hydrogen-bond donors (Lipinski definition) is 1. The monoisotopic (exact) mass is 320 g/mol. The van der Waals surface area contributed by atoms with Crippen molar-refractivity contribution in [1.82, 2.24) is 19.8 Å². The zero-order valence-corrected chi connectivity index (χ0v) is 12.4. The molecule has 0 aromatic carbocycles. The van der Waals surface area contributed by atoms with E-state index in [0.29, 0.717) is 17.3 Å². The number of nitrogens with one attached hydrogen (secondary N) is 1. The summed E-state index contributed by atoms with van der Waals surface area (Å²) in [5.41, 5.74) is 0.774. The topological polar surface area (TPSA) is 111 Å². The Kier molecular flexibility index (Phi) is 3.73. The molecule has 8 nitrogen and oxygen atoms in total. The number of aromatic nitrogens is 3. The predicted octanol–water partition coefficient (Wildman–Crippen LogP) is 1.44. The van der Waals surface area contributed by atoms with Crippen LogP contribution < -0.4 is 4.72 Å². The summed E-state index contributed by atoms with van der Waals surface area (Å²) >= 11 is 0. The first-order valence-corrected chi connectivity index (χ1v) is 8.18. The van der Waals surface area contributed by atoms with Gasteiger partial charge in [-0.05, 0) is 24.3 Å². The molecule has 1 N–H and O–H groups in total. The molecule has 0 aliphatic carbocycles. The van der Waals surface area contributed by atoms with Gasteiger partial charge in [-0.3, -0.25) is 4.98 Å². The standard InChI is InChI=1S/C13H12N4O4S/c1-22(18,19)15-8-10-2-3-11(20-10)13-16-12(17-21-13)9-4-6-14-7-5-9/h2-7,15H,8H2,1H3. The van der Waals surface area contributed by atoms with Crippen LogP contribution in [-0.4, -0.2) is 29.8 Å². The van der Waals surface area contributed by atoms with Crippen molar-refractivity contribution in [3.63, 3.8) is 0 Å². The average Bonchev–Trinajstić information content (AvgIpc) is 3.14. The van der Waals surface area contributed by atoms with Crippen molar-refractivity contribution >= 4 is 10.0 Å². The minimum atomic E-state index is -3.28. The van der Waals surface area contributed by atoms with E-state index in [1.165, 1.54) is 0 Å². The fourth-order valence-corrected chi connectivity index (χ4v) is 2.14. The number of nitrogens with zero attached hydrogens (tertiary/aromatic N) is 3. The number of hydrogen-bond acceptors (Lipinski definition) is 7. The maximum atomic E-state index is 11.0. The van der Waals surface area contributed by atoms with Crippen LogP contribution in [0.2, 0.25) is 0 Å². The summed E-state index contributed by atoms with van der Waals surface area (Å²) in [6.45, 7) is 0.0597. The molecule has 0 spiro atoms. The molecule has 0 bridgehead atoms. The summed E-state index contributed by atoms with van der Waals surface area (Å²) < 4.78 is 35.1. The van der Waals surface area contributed by atoms with Gasteiger partial charge in [-0.1, -0.05) is 5.16 Å². The normalized spacial score (nSPS) is 11.7. The highest BCUT2D eigenvalue weighted by Crippen LogP contribution is 2.23. The number of sulfonamides is 1. The van der Waals surface area contributed by atoms with Crippen LogP contribution in [0.25, 0.3) is 23.0 Å². The number of pyridine rings is 1. The van der Waals surface area contributed by atoms with Crippen LogP contribution in [0.4, 0.5) is 0 Å². The fraction of sp³-hybridized carbons (Fsp3) is 0.154. The molecule has 0 radical (unpaired) electrons. The predicted molar refractivity (Wildman–Crippen MR) is 76.9 cm³/mol. The summed E-state index contributed by atoms with van der Waals surface area (Å²) in [5, 5.41) is 3.87. The second-order valence-corrected chi connectivity index (χ2v) is 6.35. The summed E-state index contributed by atoms with van der Waals surface area (Å²) in [4.78, 5) is 8.15. The Morgan fingerprint density at radius 3 is 2.68 bits per heavy atom. The lowest BCUT2D eigenvalue weighted by atomic mass is 10.2. The van der Waals surface area contributed by atoms with Crippen molar-refractivity contribution in [2.24, 2.45) is 0 Å². The van der Waals surface area contributed by atoms with E-state index in [1.54, 1.807) is 36.7 Å². The molecule has 0 aliphatic rings. The summed E-state index contributed by atoms with van der Waals surface area (Å²) in [5.74, 6) is 1.46. The molecular formula is C13H12N4O4S. The van der Waals surface area contributed by atoms with Crippen LogP contribution in [0.5, 0.6) is 0 Å². The van der Waals surface area contributed by atoms with Gasteiger partial charge < -0.3 is 8.94 Å². The van der Waals surface area contributed by atoms with E-state index in [4.69, 9.17) is 8.94 Å².